The van der Waals surface area contributed by atoms with E-state index in [9.17, 15) is 9.50 Å². The first-order valence-electron chi connectivity index (χ1n) is 6.41. The Labute approximate surface area is 123 Å². The summed E-state index contributed by atoms with van der Waals surface area (Å²) in [4.78, 5) is 1.17. The van der Waals surface area contributed by atoms with E-state index in [4.69, 9.17) is 0 Å². The molecule has 0 amide bonds. The van der Waals surface area contributed by atoms with E-state index in [1.165, 1.54) is 17.0 Å². The monoisotopic (exact) mass is 291 g/mol. The van der Waals surface area contributed by atoms with Crippen LogP contribution in [0.3, 0.4) is 0 Å². The summed E-state index contributed by atoms with van der Waals surface area (Å²) < 4.78 is 13.4. The topological polar surface area (TPSA) is 32.3 Å². The average Bonchev–Trinajstić information content (AvgIpc) is 2.44. The lowest BCUT2D eigenvalue weighted by Crippen LogP contribution is -2.15. The van der Waals surface area contributed by atoms with Crippen LogP contribution in [0.5, 0.6) is 0 Å². The van der Waals surface area contributed by atoms with Gasteiger partial charge < -0.3 is 10.4 Å². The zero-order valence-electron chi connectivity index (χ0n) is 11.6. The highest BCUT2D eigenvalue weighted by Gasteiger charge is 2.11. The van der Waals surface area contributed by atoms with E-state index in [0.29, 0.717) is 5.69 Å². The quantitative estimate of drug-likeness (QED) is 0.817. The zero-order valence-corrected chi connectivity index (χ0v) is 12.4. The van der Waals surface area contributed by atoms with Crippen LogP contribution in [0.2, 0.25) is 0 Å². The van der Waals surface area contributed by atoms with Crippen LogP contribution in [0.25, 0.3) is 0 Å². The number of anilines is 1. The van der Waals surface area contributed by atoms with Crippen molar-refractivity contribution in [2.45, 2.75) is 17.9 Å². The minimum absolute atomic E-state index is 0.0474. The van der Waals surface area contributed by atoms with E-state index in [1.807, 2.05) is 43.5 Å². The standard InChI is InChI=1S/C16H18FNOS/c1-11-7-13(17)9-14(8-11)18-16(10-19)12-3-5-15(20-2)6-4-12/h3-9,16,18-19H,10H2,1-2H3. The molecule has 2 nitrogen and oxygen atoms in total. The molecule has 0 aliphatic rings. The number of aryl methyl sites for hydroxylation is 1. The van der Waals surface area contributed by atoms with Crippen molar-refractivity contribution in [3.05, 3.63) is 59.4 Å². The fraction of sp³-hybridized carbons (Fsp3) is 0.250. The lowest BCUT2D eigenvalue weighted by molar-refractivity contribution is 0.276. The van der Waals surface area contributed by atoms with Crippen LogP contribution < -0.4 is 5.32 Å². The van der Waals surface area contributed by atoms with Gasteiger partial charge in [0, 0.05) is 10.6 Å². The van der Waals surface area contributed by atoms with Gasteiger partial charge in [-0.05, 0) is 54.6 Å². The average molecular weight is 291 g/mol. The molecular weight excluding hydrogens is 273 g/mol. The third-order valence-electron chi connectivity index (χ3n) is 3.08. The zero-order chi connectivity index (χ0) is 14.5. The molecule has 0 aliphatic carbocycles. The van der Waals surface area contributed by atoms with Crippen molar-refractivity contribution in [3.8, 4) is 0 Å². The number of hydrogen-bond donors (Lipinski definition) is 2. The van der Waals surface area contributed by atoms with E-state index >= 15 is 0 Å². The molecule has 20 heavy (non-hydrogen) atoms. The fourth-order valence-electron chi connectivity index (χ4n) is 2.09. The first-order valence-corrected chi connectivity index (χ1v) is 7.63. The summed E-state index contributed by atoms with van der Waals surface area (Å²) in [5, 5.41) is 12.7. The maximum Gasteiger partial charge on any atom is 0.125 e. The molecule has 0 saturated carbocycles. The third kappa shape index (κ3) is 3.74. The molecule has 0 radical (unpaired) electrons. The van der Waals surface area contributed by atoms with Gasteiger partial charge in [0.25, 0.3) is 0 Å². The SMILES string of the molecule is CSc1ccc(C(CO)Nc2cc(C)cc(F)c2)cc1. The Morgan fingerprint density at radius 3 is 2.45 bits per heavy atom. The Balaban J connectivity index is 2.19. The number of thioether (sulfide) groups is 1. The van der Waals surface area contributed by atoms with Crippen molar-refractivity contribution >= 4 is 17.4 Å². The molecule has 0 aliphatic heterocycles. The Hall–Kier alpha value is -1.52. The Morgan fingerprint density at radius 2 is 1.90 bits per heavy atom. The third-order valence-corrected chi connectivity index (χ3v) is 3.83. The summed E-state index contributed by atoms with van der Waals surface area (Å²) in [5.74, 6) is -0.276. The van der Waals surface area contributed by atoms with Gasteiger partial charge in [-0.1, -0.05) is 12.1 Å². The summed E-state index contributed by atoms with van der Waals surface area (Å²) in [6.45, 7) is 1.80. The van der Waals surface area contributed by atoms with E-state index in [1.54, 1.807) is 11.8 Å². The van der Waals surface area contributed by atoms with Crippen molar-refractivity contribution < 1.29 is 9.50 Å². The van der Waals surface area contributed by atoms with Crippen molar-refractivity contribution in [2.75, 3.05) is 18.2 Å². The molecule has 2 rings (SSSR count). The summed E-state index contributed by atoms with van der Waals surface area (Å²) in [5.41, 5.74) is 2.50. The maximum absolute atomic E-state index is 13.4. The second-order valence-electron chi connectivity index (χ2n) is 4.67. The molecule has 0 saturated heterocycles. The highest BCUT2D eigenvalue weighted by Crippen LogP contribution is 2.23. The first kappa shape index (κ1) is 14.9. The Kier molecular flexibility index (Phi) is 5.04. The van der Waals surface area contributed by atoms with Crippen molar-refractivity contribution in [3.63, 3.8) is 0 Å². The maximum atomic E-state index is 13.4. The van der Waals surface area contributed by atoms with E-state index in [2.05, 4.69) is 5.32 Å². The van der Waals surface area contributed by atoms with Gasteiger partial charge in [0.1, 0.15) is 5.82 Å². The van der Waals surface area contributed by atoms with E-state index in [0.717, 1.165) is 11.1 Å². The Bertz CT molecular complexity index is 551. The van der Waals surface area contributed by atoms with Gasteiger partial charge in [-0.2, -0.15) is 0 Å². The molecule has 0 bridgehead atoms. The van der Waals surface area contributed by atoms with E-state index in [-0.39, 0.29) is 18.5 Å². The largest absolute Gasteiger partial charge is 0.394 e. The second-order valence-corrected chi connectivity index (χ2v) is 5.55. The summed E-state index contributed by atoms with van der Waals surface area (Å²) in [7, 11) is 0. The smallest absolute Gasteiger partial charge is 0.125 e. The molecule has 2 N–H and O–H groups in total. The van der Waals surface area contributed by atoms with E-state index < -0.39 is 0 Å². The lowest BCUT2D eigenvalue weighted by Gasteiger charge is -2.19. The van der Waals surface area contributed by atoms with Gasteiger partial charge in [-0.25, -0.2) is 4.39 Å². The molecule has 0 spiro atoms. The van der Waals surface area contributed by atoms with Gasteiger partial charge >= 0.3 is 0 Å². The fourth-order valence-corrected chi connectivity index (χ4v) is 2.50. The van der Waals surface area contributed by atoms with Crippen LogP contribution in [0.1, 0.15) is 17.2 Å². The number of aliphatic hydroxyl groups is 1. The molecule has 2 aromatic carbocycles. The molecule has 0 aromatic heterocycles. The molecular formula is C16H18FNOS. The van der Waals surface area contributed by atoms with Crippen LogP contribution in [-0.4, -0.2) is 18.0 Å². The predicted molar refractivity (Wildman–Crippen MR) is 82.8 cm³/mol. The van der Waals surface area contributed by atoms with Crippen LogP contribution in [0, 0.1) is 12.7 Å². The number of halogens is 1. The molecule has 4 heteroatoms. The van der Waals surface area contributed by atoms with Crippen LogP contribution in [-0.2, 0) is 0 Å². The highest BCUT2D eigenvalue weighted by atomic mass is 32.2. The van der Waals surface area contributed by atoms with Crippen LogP contribution in [0.4, 0.5) is 10.1 Å². The highest BCUT2D eigenvalue weighted by molar-refractivity contribution is 7.98. The minimum Gasteiger partial charge on any atom is -0.394 e. The second kappa shape index (κ2) is 6.77. The summed E-state index contributed by atoms with van der Waals surface area (Å²) in [6, 6.07) is 12.5. The van der Waals surface area contributed by atoms with Crippen molar-refractivity contribution in [1.29, 1.82) is 0 Å². The van der Waals surface area contributed by atoms with Gasteiger partial charge in [0.05, 0.1) is 12.6 Å². The summed E-state index contributed by atoms with van der Waals surface area (Å²) >= 11 is 1.67. The minimum atomic E-state index is -0.276. The van der Waals surface area contributed by atoms with Gasteiger partial charge in [-0.15, -0.1) is 11.8 Å². The van der Waals surface area contributed by atoms with Gasteiger partial charge in [0.15, 0.2) is 0 Å². The summed E-state index contributed by atoms with van der Waals surface area (Å²) in [6.07, 6.45) is 2.02. The van der Waals surface area contributed by atoms with Crippen molar-refractivity contribution in [1.82, 2.24) is 0 Å². The molecule has 0 fully saturated rings. The number of nitrogens with one attached hydrogen (secondary N) is 1. The predicted octanol–water partition coefficient (Wildman–Crippen LogP) is 4.00. The molecule has 1 atom stereocenters. The van der Waals surface area contributed by atoms with Gasteiger partial charge in [-0.3, -0.25) is 0 Å². The molecule has 2 aromatic rings. The van der Waals surface area contributed by atoms with Crippen LogP contribution >= 0.6 is 11.8 Å². The molecule has 1 unspecified atom stereocenters. The normalized spacial score (nSPS) is 12.2. The van der Waals surface area contributed by atoms with Gasteiger partial charge in [0.2, 0.25) is 0 Å². The van der Waals surface area contributed by atoms with Crippen molar-refractivity contribution in [2.24, 2.45) is 0 Å². The van der Waals surface area contributed by atoms with Crippen LogP contribution in [0.15, 0.2) is 47.4 Å². The molecule has 106 valence electrons. The molecule has 0 heterocycles. The number of benzene rings is 2. The lowest BCUT2D eigenvalue weighted by atomic mass is 10.1. The number of aliphatic hydroxyl groups excluding tert-OH is 1. The Morgan fingerprint density at radius 1 is 1.20 bits per heavy atom. The first-order chi connectivity index (χ1) is 9.62. The number of rotatable bonds is 5. The number of hydrogen-bond acceptors (Lipinski definition) is 3.